The summed E-state index contributed by atoms with van der Waals surface area (Å²) in [5.74, 6) is -0.273. The van der Waals surface area contributed by atoms with Gasteiger partial charge in [0.05, 0.1) is 0 Å². The third kappa shape index (κ3) is 5.47. The summed E-state index contributed by atoms with van der Waals surface area (Å²) in [5.41, 5.74) is 6.39. The summed E-state index contributed by atoms with van der Waals surface area (Å²) in [6, 6.07) is 6.15. The molecular formula is C13H20ClFN2O. The van der Waals surface area contributed by atoms with Gasteiger partial charge >= 0.3 is 0 Å². The number of carbonyl (C=O) groups excluding carboxylic acids is 1. The van der Waals surface area contributed by atoms with E-state index < -0.39 is 0 Å². The van der Waals surface area contributed by atoms with Crippen LogP contribution >= 0.6 is 12.4 Å². The highest BCUT2D eigenvalue weighted by atomic mass is 35.5. The molecule has 1 aromatic carbocycles. The predicted molar refractivity (Wildman–Crippen MR) is 73.0 cm³/mol. The van der Waals surface area contributed by atoms with Gasteiger partial charge in [-0.2, -0.15) is 0 Å². The predicted octanol–water partition coefficient (Wildman–Crippen LogP) is 2.33. The molecule has 3 nitrogen and oxygen atoms in total. The second kappa shape index (κ2) is 8.06. The van der Waals surface area contributed by atoms with E-state index in [0.29, 0.717) is 19.5 Å². The van der Waals surface area contributed by atoms with Gasteiger partial charge in [0.2, 0.25) is 5.91 Å². The molecule has 1 atom stereocenters. The van der Waals surface area contributed by atoms with Gasteiger partial charge in [0, 0.05) is 25.6 Å². The summed E-state index contributed by atoms with van der Waals surface area (Å²) in [6.45, 7) is 4.73. The lowest BCUT2D eigenvalue weighted by Crippen LogP contribution is -2.34. The van der Waals surface area contributed by atoms with E-state index in [1.807, 2.05) is 13.0 Å². The lowest BCUT2D eigenvalue weighted by atomic mass is 10.2. The van der Waals surface area contributed by atoms with Gasteiger partial charge in [-0.1, -0.05) is 12.1 Å². The van der Waals surface area contributed by atoms with Gasteiger partial charge in [0.1, 0.15) is 5.82 Å². The zero-order valence-corrected chi connectivity index (χ0v) is 11.5. The Labute approximate surface area is 114 Å². The summed E-state index contributed by atoms with van der Waals surface area (Å²) in [4.78, 5) is 13.5. The van der Waals surface area contributed by atoms with Gasteiger partial charge in [0.25, 0.3) is 0 Å². The number of hydrogen-bond acceptors (Lipinski definition) is 2. The maximum absolute atomic E-state index is 13.0. The Morgan fingerprint density at radius 1 is 1.50 bits per heavy atom. The molecule has 1 rings (SSSR count). The number of benzene rings is 1. The van der Waals surface area contributed by atoms with Crippen LogP contribution in [0.2, 0.25) is 0 Å². The molecule has 0 saturated heterocycles. The van der Waals surface area contributed by atoms with Crippen molar-refractivity contribution in [1.82, 2.24) is 4.90 Å². The van der Waals surface area contributed by atoms with Crippen molar-refractivity contribution in [3.8, 4) is 0 Å². The van der Waals surface area contributed by atoms with Crippen LogP contribution in [0.3, 0.4) is 0 Å². The van der Waals surface area contributed by atoms with Crippen molar-refractivity contribution in [2.75, 3.05) is 6.54 Å². The average molecular weight is 275 g/mol. The van der Waals surface area contributed by atoms with Gasteiger partial charge < -0.3 is 10.6 Å². The standard InChI is InChI=1S/C13H19FN2O.ClH/c1-3-16(13(17)7-10(2)15)9-11-5-4-6-12(14)8-11;/h4-6,8,10H,3,7,9,15H2,1-2H3;1H. The first-order valence-corrected chi connectivity index (χ1v) is 5.80. The van der Waals surface area contributed by atoms with Crippen LogP contribution in [0.25, 0.3) is 0 Å². The summed E-state index contributed by atoms with van der Waals surface area (Å²) in [6.07, 6.45) is 0.323. The van der Waals surface area contributed by atoms with Crippen molar-refractivity contribution in [1.29, 1.82) is 0 Å². The van der Waals surface area contributed by atoms with Gasteiger partial charge in [-0.05, 0) is 31.5 Å². The number of nitrogens with zero attached hydrogens (tertiary/aromatic N) is 1. The lowest BCUT2D eigenvalue weighted by Gasteiger charge is -2.22. The molecule has 102 valence electrons. The van der Waals surface area contributed by atoms with Crippen molar-refractivity contribution in [3.05, 3.63) is 35.6 Å². The first-order chi connectivity index (χ1) is 8.02. The molecule has 1 unspecified atom stereocenters. The molecular weight excluding hydrogens is 255 g/mol. The van der Waals surface area contributed by atoms with Crippen molar-refractivity contribution in [3.63, 3.8) is 0 Å². The number of amides is 1. The first-order valence-electron chi connectivity index (χ1n) is 5.80. The Morgan fingerprint density at radius 2 is 2.17 bits per heavy atom. The summed E-state index contributed by atoms with van der Waals surface area (Å²) >= 11 is 0. The third-order valence-corrected chi connectivity index (χ3v) is 2.49. The zero-order valence-electron chi connectivity index (χ0n) is 10.7. The fraction of sp³-hybridized carbons (Fsp3) is 0.462. The smallest absolute Gasteiger partial charge is 0.224 e. The van der Waals surface area contributed by atoms with E-state index in [2.05, 4.69) is 0 Å². The van der Waals surface area contributed by atoms with Gasteiger partial charge in [-0.25, -0.2) is 4.39 Å². The van der Waals surface area contributed by atoms with Crippen molar-refractivity contribution in [2.24, 2.45) is 5.73 Å². The highest BCUT2D eigenvalue weighted by molar-refractivity contribution is 5.85. The second-order valence-electron chi connectivity index (χ2n) is 4.22. The lowest BCUT2D eigenvalue weighted by molar-refractivity contribution is -0.131. The third-order valence-electron chi connectivity index (χ3n) is 2.49. The van der Waals surface area contributed by atoms with E-state index in [9.17, 15) is 9.18 Å². The minimum absolute atomic E-state index is 0. The molecule has 2 N–H and O–H groups in total. The number of rotatable bonds is 5. The Kier molecular flexibility index (Phi) is 7.55. The molecule has 0 spiro atoms. The molecule has 0 saturated carbocycles. The van der Waals surface area contributed by atoms with E-state index in [-0.39, 0.29) is 30.2 Å². The Balaban J connectivity index is 0.00000289. The van der Waals surface area contributed by atoms with E-state index in [0.717, 1.165) is 5.56 Å². The van der Waals surface area contributed by atoms with Crippen LogP contribution in [0.15, 0.2) is 24.3 Å². The van der Waals surface area contributed by atoms with Crippen molar-refractivity contribution < 1.29 is 9.18 Å². The number of halogens is 2. The van der Waals surface area contributed by atoms with E-state index in [4.69, 9.17) is 5.73 Å². The van der Waals surface area contributed by atoms with Gasteiger partial charge in [-0.15, -0.1) is 12.4 Å². The minimum Gasteiger partial charge on any atom is -0.339 e. The molecule has 18 heavy (non-hydrogen) atoms. The average Bonchev–Trinajstić information content (AvgIpc) is 2.24. The molecule has 1 amide bonds. The van der Waals surface area contributed by atoms with Gasteiger partial charge in [-0.3, -0.25) is 4.79 Å². The Morgan fingerprint density at radius 3 is 2.67 bits per heavy atom. The number of hydrogen-bond donors (Lipinski definition) is 1. The number of nitrogens with two attached hydrogens (primary N) is 1. The van der Waals surface area contributed by atoms with Crippen molar-refractivity contribution in [2.45, 2.75) is 32.9 Å². The van der Waals surface area contributed by atoms with Crippen LogP contribution in [0.1, 0.15) is 25.8 Å². The van der Waals surface area contributed by atoms with Crippen LogP contribution in [0.4, 0.5) is 4.39 Å². The SMILES string of the molecule is CCN(Cc1cccc(F)c1)C(=O)CC(C)N.Cl. The summed E-state index contributed by atoms with van der Waals surface area (Å²) in [5, 5.41) is 0. The Hall–Kier alpha value is -1.13. The molecule has 5 heteroatoms. The topological polar surface area (TPSA) is 46.3 Å². The van der Waals surface area contributed by atoms with Crippen LogP contribution in [-0.4, -0.2) is 23.4 Å². The van der Waals surface area contributed by atoms with E-state index in [1.165, 1.54) is 12.1 Å². The normalized spacial score (nSPS) is 11.6. The molecule has 0 aliphatic carbocycles. The van der Waals surface area contributed by atoms with Gasteiger partial charge in [0.15, 0.2) is 0 Å². The molecule has 0 bridgehead atoms. The second-order valence-corrected chi connectivity index (χ2v) is 4.22. The maximum atomic E-state index is 13.0. The van der Waals surface area contributed by atoms with E-state index in [1.54, 1.807) is 17.9 Å². The molecule has 0 aliphatic heterocycles. The molecule has 0 radical (unpaired) electrons. The molecule has 0 aliphatic rings. The minimum atomic E-state index is -0.279. The van der Waals surface area contributed by atoms with Crippen LogP contribution < -0.4 is 5.73 Å². The molecule has 0 fully saturated rings. The fourth-order valence-electron chi connectivity index (χ4n) is 1.64. The maximum Gasteiger partial charge on any atom is 0.224 e. The fourth-order valence-corrected chi connectivity index (χ4v) is 1.64. The highest BCUT2D eigenvalue weighted by Crippen LogP contribution is 2.08. The molecule has 0 heterocycles. The highest BCUT2D eigenvalue weighted by Gasteiger charge is 2.13. The summed E-state index contributed by atoms with van der Waals surface area (Å²) in [7, 11) is 0. The summed E-state index contributed by atoms with van der Waals surface area (Å²) < 4.78 is 13.0. The van der Waals surface area contributed by atoms with E-state index >= 15 is 0 Å². The Bertz CT molecular complexity index is 385. The molecule has 1 aromatic rings. The quantitative estimate of drug-likeness (QED) is 0.896. The molecule has 0 aromatic heterocycles. The van der Waals surface area contributed by atoms with Crippen LogP contribution in [0, 0.1) is 5.82 Å². The van der Waals surface area contributed by atoms with Crippen LogP contribution in [-0.2, 0) is 11.3 Å². The largest absolute Gasteiger partial charge is 0.339 e. The number of carbonyl (C=O) groups is 1. The zero-order chi connectivity index (χ0) is 12.8. The van der Waals surface area contributed by atoms with Crippen LogP contribution in [0.5, 0.6) is 0 Å². The van der Waals surface area contributed by atoms with Crippen molar-refractivity contribution >= 4 is 18.3 Å². The monoisotopic (exact) mass is 274 g/mol. The first kappa shape index (κ1) is 16.9.